The molecule has 0 amide bonds. The molecule has 3 aromatic rings. The van der Waals surface area contributed by atoms with Crippen LogP contribution >= 0.6 is 46.4 Å². The van der Waals surface area contributed by atoms with Gasteiger partial charge >= 0.3 is 0 Å². The minimum absolute atomic E-state index is 0.418. The highest BCUT2D eigenvalue weighted by molar-refractivity contribution is 6.44. The maximum Gasteiger partial charge on any atom is 0.0947 e. The molecule has 6 heteroatoms. The minimum atomic E-state index is 0.418. The van der Waals surface area contributed by atoms with Crippen molar-refractivity contribution < 1.29 is 0 Å². The maximum absolute atomic E-state index is 6.24. The number of anilines is 1. The van der Waals surface area contributed by atoms with Gasteiger partial charge in [-0.15, -0.1) is 0 Å². The van der Waals surface area contributed by atoms with Crippen LogP contribution in [-0.4, -0.2) is 4.98 Å². The van der Waals surface area contributed by atoms with Crippen molar-refractivity contribution >= 4 is 52.1 Å². The van der Waals surface area contributed by atoms with Crippen molar-refractivity contribution in [1.82, 2.24) is 4.98 Å². The Kier molecular flexibility index (Phi) is 4.69. The second-order valence-corrected chi connectivity index (χ2v) is 6.43. The number of benzene rings is 2. The molecule has 23 heavy (non-hydrogen) atoms. The summed E-state index contributed by atoms with van der Waals surface area (Å²) >= 11 is 24.6. The summed E-state index contributed by atoms with van der Waals surface area (Å²) in [5.41, 5.74) is 9.42. The molecule has 0 spiro atoms. The third kappa shape index (κ3) is 3.13. The Morgan fingerprint density at radius 2 is 1.35 bits per heavy atom. The number of rotatable bonds is 2. The van der Waals surface area contributed by atoms with E-state index in [1.165, 1.54) is 0 Å². The van der Waals surface area contributed by atoms with Gasteiger partial charge in [0.25, 0.3) is 0 Å². The topological polar surface area (TPSA) is 38.9 Å². The van der Waals surface area contributed by atoms with Crippen molar-refractivity contribution in [1.29, 1.82) is 0 Å². The van der Waals surface area contributed by atoms with E-state index in [2.05, 4.69) is 4.98 Å². The third-order valence-corrected chi connectivity index (χ3v) is 5.02. The molecule has 2 nitrogen and oxygen atoms in total. The Labute approximate surface area is 153 Å². The zero-order valence-electron chi connectivity index (χ0n) is 11.7. The fourth-order valence-corrected chi connectivity index (χ4v) is 3.07. The largest absolute Gasteiger partial charge is 0.397 e. The number of aromatic nitrogens is 1. The number of nitrogens with zero attached hydrogens (tertiary/aromatic N) is 1. The average molecular weight is 384 g/mol. The van der Waals surface area contributed by atoms with Crippen LogP contribution in [0.2, 0.25) is 20.1 Å². The standard InChI is InChI=1S/C17H10Cl4N2/c18-12-5-1-3-10(15(12)20)9-7-14(22)17(23-8-9)11-4-2-6-13(19)16(11)21/h1-8H,22H2. The number of nitrogens with two attached hydrogens (primary N) is 1. The minimum Gasteiger partial charge on any atom is -0.397 e. The van der Waals surface area contributed by atoms with Crippen molar-refractivity contribution in [2.45, 2.75) is 0 Å². The highest BCUT2D eigenvalue weighted by Crippen LogP contribution is 2.38. The van der Waals surface area contributed by atoms with Crippen LogP contribution in [0.3, 0.4) is 0 Å². The van der Waals surface area contributed by atoms with Gasteiger partial charge in [0, 0.05) is 22.9 Å². The van der Waals surface area contributed by atoms with Gasteiger partial charge in [0.2, 0.25) is 0 Å². The molecule has 0 saturated carbocycles. The van der Waals surface area contributed by atoms with Crippen LogP contribution < -0.4 is 5.73 Å². The van der Waals surface area contributed by atoms with Gasteiger partial charge in [-0.2, -0.15) is 0 Å². The van der Waals surface area contributed by atoms with Gasteiger partial charge < -0.3 is 5.73 Å². The molecule has 1 aromatic heterocycles. The zero-order chi connectivity index (χ0) is 16.6. The molecule has 0 saturated heterocycles. The fourth-order valence-electron chi connectivity index (χ4n) is 2.27. The molecule has 1 heterocycles. The van der Waals surface area contributed by atoms with E-state index < -0.39 is 0 Å². The first-order chi connectivity index (χ1) is 11.0. The van der Waals surface area contributed by atoms with Crippen molar-refractivity contribution in [3.8, 4) is 22.4 Å². The monoisotopic (exact) mass is 382 g/mol. The lowest BCUT2D eigenvalue weighted by Gasteiger charge is -2.11. The number of halogens is 4. The van der Waals surface area contributed by atoms with Crippen molar-refractivity contribution in [3.05, 3.63) is 68.8 Å². The number of pyridine rings is 1. The van der Waals surface area contributed by atoms with E-state index in [9.17, 15) is 0 Å². The second kappa shape index (κ2) is 6.58. The molecular formula is C17H10Cl4N2. The molecule has 2 aromatic carbocycles. The molecule has 0 radical (unpaired) electrons. The molecule has 0 aliphatic rings. The highest BCUT2D eigenvalue weighted by atomic mass is 35.5. The van der Waals surface area contributed by atoms with E-state index >= 15 is 0 Å². The lowest BCUT2D eigenvalue weighted by atomic mass is 10.0. The van der Waals surface area contributed by atoms with Crippen LogP contribution in [0.15, 0.2) is 48.7 Å². The Hall–Kier alpha value is -1.45. The van der Waals surface area contributed by atoms with Gasteiger partial charge in [0.1, 0.15) is 0 Å². The van der Waals surface area contributed by atoms with Gasteiger partial charge in [-0.05, 0) is 18.2 Å². The molecule has 116 valence electrons. The first-order valence-corrected chi connectivity index (χ1v) is 8.14. The van der Waals surface area contributed by atoms with Crippen LogP contribution in [-0.2, 0) is 0 Å². The van der Waals surface area contributed by atoms with Crippen LogP contribution in [0.1, 0.15) is 0 Å². The van der Waals surface area contributed by atoms with Gasteiger partial charge in [-0.25, -0.2) is 0 Å². The first-order valence-electron chi connectivity index (χ1n) is 6.63. The Bertz CT molecular complexity index is 894. The molecule has 0 fully saturated rings. The van der Waals surface area contributed by atoms with Crippen LogP contribution in [0.4, 0.5) is 5.69 Å². The molecule has 0 aliphatic heterocycles. The van der Waals surface area contributed by atoms with E-state index in [0.29, 0.717) is 37.0 Å². The lowest BCUT2D eigenvalue weighted by Crippen LogP contribution is -1.95. The smallest absolute Gasteiger partial charge is 0.0947 e. The summed E-state index contributed by atoms with van der Waals surface area (Å²) in [6.45, 7) is 0. The summed E-state index contributed by atoms with van der Waals surface area (Å²) in [5, 5.41) is 1.81. The highest BCUT2D eigenvalue weighted by Gasteiger charge is 2.13. The van der Waals surface area contributed by atoms with Crippen LogP contribution in [0, 0.1) is 0 Å². The van der Waals surface area contributed by atoms with E-state index in [-0.39, 0.29) is 0 Å². The van der Waals surface area contributed by atoms with Gasteiger partial charge in [-0.3, -0.25) is 4.98 Å². The maximum atomic E-state index is 6.24. The van der Waals surface area contributed by atoms with E-state index in [0.717, 1.165) is 11.1 Å². The molecular weight excluding hydrogens is 374 g/mol. The fraction of sp³-hybridized carbons (Fsp3) is 0. The average Bonchev–Trinajstić information content (AvgIpc) is 2.53. The molecule has 0 aliphatic carbocycles. The zero-order valence-corrected chi connectivity index (χ0v) is 14.7. The van der Waals surface area contributed by atoms with Gasteiger partial charge in [-0.1, -0.05) is 70.7 Å². The summed E-state index contributed by atoms with van der Waals surface area (Å²) in [6, 6.07) is 12.5. The first kappa shape index (κ1) is 16.4. The van der Waals surface area contributed by atoms with Crippen LogP contribution in [0.25, 0.3) is 22.4 Å². The molecule has 0 unspecified atom stereocenters. The third-order valence-electron chi connectivity index (χ3n) is 3.39. The molecule has 0 bridgehead atoms. The van der Waals surface area contributed by atoms with Gasteiger partial charge in [0.05, 0.1) is 31.5 Å². The lowest BCUT2D eigenvalue weighted by molar-refractivity contribution is 1.33. The Balaban J connectivity index is 2.12. The van der Waals surface area contributed by atoms with Crippen LogP contribution in [0.5, 0.6) is 0 Å². The second-order valence-electron chi connectivity index (χ2n) is 4.86. The van der Waals surface area contributed by atoms with E-state index in [1.807, 2.05) is 18.2 Å². The van der Waals surface area contributed by atoms with Crippen molar-refractivity contribution in [2.24, 2.45) is 0 Å². The molecule has 0 atom stereocenters. The molecule has 3 rings (SSSR count). The summed E-state index contributed by atoms with van der Waals surface area (Å²) in [7, 11) is 0. The summed E-state index contributed by atoms with van der Waals surface area (Å²) in [5.74, 6) is 0. The van der Waals surface area contributed by atoms with Crippen molar-refractivity contribution in [3.63, 3.8) is 0 Å². The van der Waals surface area contributed by atoms with Crippen molar-refractivity contribution in [2.75, 3.05) is 5.73 Å². The predicted octanol–water partition coefficient (Wildman–Crippen LogP) is 6.61. The number of hydrogen-bond acceptors (Lipinski definition) is 2. The van der Waals surface area contributed by atoms with E-state index in [1.54, 1.807) is 30.5 Å². The summed E-state index contributed by atoms with van der Waals surface area (Å²) < 4.78 is 0. The Morgan fingerprint density at radius 1 is 0.783 bits per heavy atom. The van der Waals surface area contributed by atoms with Gasteiger partial charge in [0.15, 0.2) is 0 Å². The predicted molar refractivity (Wildman–Crippen MR) is 99.6 cm³/mol. The van der Waals surface area contributed by atoms with E-state index in [4.69, 9.17) is 52.1 Å². The summed E-state index contributed by atoms with van der Waals surface area (Å²) in [4.78, 5) is 4.43. The number of nitrogen functional groups attached to an aromatic ring is 1. The molecule has 2 N–H and O–H groups in total. The Morgan fingerprint density at radius 3 is 1.96 bits per heavy atom. The summed E-state index contributed by atoms with van der Waals surface area (Å²) in [6.07, 6.45) is 1.68. The SMILES string of the molecule is Nc1cc(-c2cccc(Cl)c2Cl)cnc1-c1cccc(Cl)c1Cl. The number of hydrogen-bond donors (Lipinski definition) is 1. The quantitative estimate of drug-likeness (QED) is 0.540. The normalized spacial score (nSPS) is 10.8.